The van der Waals surface area contributed by atoms with E-state index in [4.69, 9.17) is 11.6 Å². The van der Waals surface area contributed by atoms with Crippen LogP contribution >= 0.6 is 11.6 Å². The Morgan fingerprint density at radius 1 is 1.37 bits per heavy atom. The highest BCUT2D eigenvalue weighted by atomic mass is 35.5. The number of hydrogen-bond acceptors (Lipinski definition) is 5. The summed E-state index contributed by atoms with van der Waals surface area (Å²) in [6.07, 6.45) is 1.45. The fraction of sp³-hybridized carbons (Fsp3) is 0.364. The molecule has 0 aromatic carbocycles. The van der Waals surface area contributed by atoms with Gasteiger partial charge in [0.2, 0.25) is 11.8 Å². The molecule has 0 atom stereocenters. The number of nitrogens with zero attached hydrogens (tertiary/aromatic N) is 4. The van der Waals surface area contributed by atoms with Gasteiger partial charge in [-0.15, -0.1) is 5.10 Å². The summed E-state index contributed by atoms with van der Waals surface area (Å²) in [6, 6.07) is 1.52. The summed E-state index contributed by atoms with van der Waals surface area (Å²) in [4.78, 5) is 23.7. The quantitative estimate of drug-likeness (QED) is 0.818. The Morgan fingerprint density at radius 3 is 2.68 bits per heavy atom. The number of carbonyl (C=O) groups excluding carboxylic acids is 1. The maximum atomic E-state index is 11.9. The molecule has 0 radical (unpaired) electrons. The summed E-state index contributed by atoms with van der Waals surface area (Å²) in [5.74, 6) is 0.284. The first kappa shape index (κ1) is 13.4. The highest BCUT2D eigenvalue weighted by molar-refractivity contribution is 6.29. The van der Waals surface area contributed by atoms with Crippen molar-refractivity contribution >= 4 is 23.5 Å². The van der Waals surface area contributed by atoms with E-state index in [0.717, 1.165) is 0 Å². The van der Waals surface area contributed by atoms with Gasteiger partial charge in [0.25, 0.3) is 5.91 Å². The maximum absolute atomic E-state index is 11.9. The monoisotopic (exact) mass is 280 g/mol. The number of carbonyl (C=O) groups is 1. The van der Waals surface area contributed by atoms with Crippen LogP contribution in [0.5, 0.6) is 0 Å². The Labute approximate surface area is 114 Å². The second-order valence-corrected chi connectivity index (χ2v) is 5.30. The van der Waals surface area contributed by atoms with Crippen LogP contribution in [0.3, 0.4) is 0 Å². The average molecular weight is 281 g/mol. The fourth-order valence-corrected chi connectivity index (χ4v) is 1.39. The summed E-state index contributed by atoms with van der Waals surface area (Å²) in [6.45, 7) is 5.90. The van der Waals surface area contributed by atoms with Crippen molar-refractivity contribution in [2.75, 3.05) is 5.32 Å². The van der Waals surface area contributed by atoms with Gasteiger partial charge in [0.15, 0.2) is 0 Å². The number of amides is 1. The number of nitrogens with one attached hydrogen (secondary N) is 2. The van der Waals surface area contributed by atoms with Crippen molar-refractivity contribution in [3.05, 3.63) is 29.1 Å². The zero-order valence-electron chi connectivity index (χ0n) is 10.7. The number of aromatic nitrogens is 5. The Kier molecular flexibility index (Phi) is 3.48. The van der Waals surface area contributed by atoms with Gasteiger partial charge in [-0.1, -0.05) is 32.4 Å². The number of aromatic amines is 1. The number of hydrogen-bond donors (Lipinski definition) is 2. The van der Waals surface area contributed by atoms with Crippen molar-refractivity contribution in [1.29, 1.82) is 0 Å². The molecule has 1 amide bonds. The van der Waals surface area contributed by atoms with Gasteiger partial charge in [-0.05, 0) is 6.07 Å². The molecule has 2 aromatic heterocycles. The minimum atomic E-state index is -0.492. The molecule has 100 valence electrons. The summed E-state index contributed by atoms with van der Waals surface area (Å²) >= 11 is 5.70. The van der Waals surface area contributed by atoms with Crippen LogP contribution in [0.15, 0.2) is 12.3 Å². The van der Waals surface area contributed by atoms with Gasteiger partial charge in [0.1, 0.15) is 11.0 Å². The molecule has 8 heteroatoms. The van der Waals surface area contributed by atoms with Crippen LogP contribution in [0.4, 0.5) is 5.95 Å². The van der Waals surface area contributed by atoms with Crippen LogP contribution in [0, 0.1) is 0 Å². The summed E-state index contributed by atoms with van der Waals surface area (Å²) in [5, 5.41) is 9.32. The molecule has 2 N–H and O–H groups in total. The lowest BCUT2D eigenvalue weighted by Gasteiger charge is -2.12. The first-order valence-electron chi connectivity index (χ1n) is 5.59. The SMILES string of the molecule is CC(C)(C)c1nc(C(=O)Nc2nccc(Cl)n2)n[nH]1. The summed E-state index contributed by atoms with van der Waals surface area (Å²) in [5.41, 5.74) is -0.210. The van der Waals surface area contributed by atoms with Crippen molar-refractivity contribution in [2.24, 2.45) is 0 Å². The number of anilines is 1. The van der Waals surface area contributed by atoms with E-state index in [2.05, 4.69) is 30.5 Å². The Hall–Kier alpha value is -2.02. The maximum Gasteiger partial charge on any atom is 0.297 e. The van der Waals surface area contributed by atoms with Crippen molar-refractivity contribution in [3.63, 3.8) is 0 Å². The van der Waals surface area contributed by atoms with E-state index < -0.39 is 5.91 Å². The molecule has 0 aliphatic heterocycles. The predicted molar refractivity (Wildman–Crippen MR) is 70.1 cm³/mol. The van der Waals surface area contributed by atoms with Gasteiger partial charge in [0, 0.05) is 11.6 Å². The van der Waals surface area contributed by atoms with Gasteiger partial charge in [-0.25, -0.2) is 15.0 Å². The van der Waals surface area contributed by atoms with Gasteiger partial charge >= 0.3 is 0 Å². The standard InChI is InChI=1S/C11H13ClN6O/c1-11(2,3)9-15-7(17-18-9)8(19)16-10-13-5-4-6(12)14-10/h4-5H,1-3H3,(H,15,17,18)(H,13,14,16,19). The lowest BCUT2D eigenvalue weighted by Crippen LogP contribution is -2.17. The summed E-state index contributed by atoms with van der Waals surface area (Å²) < 4.78 is 0. The molecular weight excluding hydrogens is 268 g/mol. The van der Waals surface area contributed by atoms with E-state index >= 15 is 0 Å². The van der Waals surface area contributed by atoms with Gasteiger partial charge in [0.05, 0.1) is 0 Å². The van der Waals surface area contributed by atoms with Gasteiger partial charge in [-0.2, -0.15) is 0 Å². The molecule has 0 spiro atoms. The molecule has 0 saturated carbocycles. The van der Waals surface area contributed by atoms with Crippen LogP contribution in [0.2, 0.25) is 5.15 Å². The number of halogens is 1. The first-order valence-corrected chi connectivity index (χ1v) is 5.97. The highest BCUT2D eigenvalue weighted by Crippen LogP contribution is 2.17. The van der Waals surface area contributed by atoms with Crippen LogP contribution in [0.1, 0.15) is 37.2 Å². The van der Waals surface area contributed by atoms with Gasteiger partial charge < -0.3 is 0 Å². The van der Waals surface area contributed by atoms with E-state index in [9.17, 15) is 4.79 Å². The molecule has 0 aliphatic carbocycles. The summed E-state index contributed by atoms with van der Waals surface area (Å²) in [7, 11) is 0. The van der Waals surface area contributed by atoms with E-state index in [-0.39, 0.29) is 22.3 Å². The minimum absolute atomic E-state index is 0.0356. The van der Waals surface area contributed by atoms with Crippen molar-refractivity contribution in [1.82, 2.24) is 25.1 Å². The van der Waals surface area contributed by atoms with Crippen LogP contribution < -0.4 is 5.32 Å². The topological polar surface area (TPSA) is 96.5 Å². The van der Waals surface area contributed by atoms with Crippen molar-refractivity contribution in [3.8, 4) is 0 Å². The van der Waals surface area contributed by atoms with Crippen molar-refractivity contribution < 1.29 is 4.79 Å². The van der Waals surface area contributed by atoms with Crippen LogP contribution in [0.25, 0.3) is 0 Å². The molecule has 2 aromatic rings. The van der Waals surface area contributed by atoms with E-state index in [0.29, 0.717) is 5.82 Å². The second kappa shape index (κ2) is 4.93. The fourth-order valence-electron chi connectivity index (χ4n) is 1.25. The largest absolute Gasteiger partial charge is 0.297 e. The van der Waals surface area contributed by atoms with Crippen LogP contribution in [-0.4, -0.2) is 31.1 Å². The molecular formula is C11H13ClN6O. The molecule has 0 bridgehead atoms. The van der Waals surface area contributed by atoms with Crippen LogP contribution in [-0.2, 0) is 5.41 Å². The normalized spacial score (nSPS) is 11.4. The highest BCUT2D eigenvalue weighted by Gasteiger charge is 2.21. The molecule has 0 saturated heterocycles. The first-order chi connectivity index (χ1) is 8.86. The molecule has 2 heterocycles. The number of rotatable bonds is 2. The van der Waals surface area contributed by atoms with Gasteiger partial charge in [-0.3, -0.25) is 15.2 Å². The minimum Gasteiger partial charge on any atom is -0.288 e. The Balaban J connectivity index is 2.14. The Bertz CT molecular complexity index is 603. The van der Waals surface area contributed by atoms with E-state index in [1.54, 1.807) is 0 Å². The molecule has 0 aliphatic rings. The molecule has 0 fully saturated rings. The number of H-pyrrole nitrogens is 1. The molecule has 19 heavy (non-hydrogen) atoms. The smallest absolute Gasteiger partial charge is 0.288 e. The molecule has 0 unspecified atom stereocenters. The molecule has 2 rings (SSSR count). The third-order valence-corrected chi connectivity index (χ3v) is 2.46. The van der Waals surface area contributed by atoms with Crippen molar-refractivity contribution in [2.45, 2.75) is 26.2 Å². The lowest BCUT2D eigenvalue weighted by molar-refractivity contribution is 0.101. The van der Waals surface area contributed by atoms with E-state index in [1.165, 1.54) is 12.3 Å². The zero-order chi connectivity index (χ0) is 14.0. The van der Waals surface area contributed by atoms with E-state index in [1.807, 2.05) is 20.8 Å². The predicted octanol–water partition coefficient (Wildman–Crippen LogP) is 1.80. The second-order valence-electron chi connectivity index (χ2n) is 4.91. The molecule has 7 nitrogen and oxygen atoms in total. The third kappa shape index (κ3) is 3.25. The Morgan fingerprint density at radius 2 is 2.11 bits per heavy atom. The zero-order valence-corrected chi connectivity index (χ0v) is 11.5. The third-order valence-electron chi connectivity index (χ3n) is 2.25. The average Bonchev–Trinajstić information content (AvgIpc) is 2.77. The lowest BCUT2D eigenvalue weighted by atomic mass is 9.96.